The molecule has 0 heterocycles. The van der Waals surface area contributed by atoms with E-state index in [1.807, 2.05) is 30.3 Å². The van der Waals surface area contributed by atoms with Crippen LogP contribution in [0.5, 0.6) is 0 Å². The number of rotatable bonds is 8. The van der Waals surface area contributed by atoms with Gasteiger partial charge in [-0.3, -0.25) is 14.9 Å². The Hall–Kier alpha value is -3.56. The predicted octanol–water partition coefficient (Wildman–Crippen LogP) is 4.21. The predicted molar refractivity (Wildman–Crippen MR) is 125 cm³/mol. The summed E-state index contributed by atoms with van der Waals surface area (Å²) in [4.78, 5) is 25.3. The van der Waals surface area contributed by atoms with Gasteiger partial charge in [-0.1, -0.05) is 48.5 Å². The molecule has 1 unspecified atom stereocenters. The fourth-order valence-electron chi connectivity index (χ4n) is 3.34. The molecule has 0 aromatic heterocycles. The summed E-state index contributed by atoms with van der Waals surface area (Å²) in [6.45, 7) is 3.62. The van der Waals surface area contributed by atoms with Crippen molar-refractivity contribution in [1.82, 2.24) is 9.62 Å². The maximum atomic E-state index is 13.2. The number of amides is 1. The monoisotopic (exact) mass is 467 g/mol. The molecule has 9 heteroatoms. The minimum atomic E-state index is -3.84. The van der Waals surface area contributed by atoms with Crippen LogP contribution < -0.4 is 4.72 Å². The average Bonchev–Trinajstić information content (AvgIpc) is 2.82. The maximum Gasteiger partial charge on any atom is 0.269 e. The van der Waals surface area contributed by atoms with Gasteiger partial charge in [0.1, 0.15) is 0 Å². The largest absolute Gasteiger partial charge is 0.335 e. The Balaban J connectivity index is 1.84. The highest BCUT2D eigenvalue weighted by atomic mass is 32.2. The first-order valence-electron chi connectivity index (χ1n) is 10.3. The van der Waals surface area contributed by atoms with Crippen molar-refractivity contribution in [2.24, 2.45) is 0 Å². The number of benzene rings is 3. The van der Waals surface area contributed by atoms with Crippen molar-refractivity contribution in [2.45, 2.75) is 31.3 Å². The molecule has 0 radical (unpaired) electrons. The first-order chi connectivity index (χ1) is 15.6. The molecule has 0 aliphatic rings. The highest BCUT2D eigenvalue weighted by Gasteiger charge is 2.24. The lowest BCUT2D eigenvalue weighted by Crippen LogP contribution is -2.30. The summed E-state index contributed by atoms with van der Waals surface area (Å²) in [5.74, 6) is -0.383. The quantitative estimate of drug-likeness (QED) is 0.394. The molecule has 1 amide bonds. The Bertz CT molecular complexity index is 1280. The Labute approximate surface area is 193 Å². The van der Waals surface area contributed by atoms with Crippen molar-refractivity contribution in [3.63, 3.8) is 0 Å². The van der Waals surface area contributed by atoms with E-state index >= 15 is 0 Å². The van der Waals surface area contributed by atoms with Crippen LogP contribution in [0.1, 0.15) is 40.0 Å². The van der Waals surface area contributed by atoms with E-state index in [0.29, 0.717) is 11.1 Å². The summed E-state index contributed by atoms with van der Waals surface area (Å²) in [7, 11) is -2.26. The van der Waals surface area contributed by atoms with Gasteiger partial charge in [0, 0.05) is 31.3 Å². The second-order valence-electron chi connectivity index (χ2n) is 7.73. The van der Waals surface area contributed by atoms with Crippen molar-refractivity contribution in [3.8, 4) is 0 Å². The van der Waals surface area contributed by atoms with E-state index in [1.54, 1.807) is 39.1 Å². The van der Waals surface area contributed by atoms with E-state index in [4.69, 9.17) is 0 Å². The third-order valence-electron chi connectivity index (χ3n) is 5.52. The van der Waals surface area contributed by atoms with Crippen LogP contribution in [0, 0.1) is 17.0 Å². The van der Waals surface area contributed by atoms with Crippen molar-refractivity contribution in [1.29, 1.82) is 0 Å². The minimum absolute atomic E-state index is 0.0104. The van der Waals surface area contributed by atoms with Crippen LogP contribution in [0.3, 0.4) is 0 Å². The summed E-state index contributed by atoms with van der Waals surface area (Å²) in [5.41, 5.74) is 2.23. The average molecular weight is 468 g/mol. The third-order valence-corrected chi connectivity index (χ3v) is 6.92. The Morgan fingerprint density at radius 3 is 2.42 bits per heavy atom. The lowest BCUT2D eigenvalue weighted by Gasteiger charge is -2.26. The van der Waals surface area contributed by atoms with Crippen LogP contribution in [0.15, 0.2) is 77.7 Å². The molecule has 172 valence electrons. The molecule has 0 saturated heterocycles. The minimum Gasteiger partial charge on any atom is -0.335 e. The molecule has 0 fully saturated rings. The second kappa shape index (κ2) is 9.93. The molecular weight excluding hydrogens is 442 g/mol. The topological polar surface area (TPSA) is 110 Å². The van der Waals surface area contributed by atoms with E-state index in [2.05, 4.69) is 4.72 Å². The smallest absolute Gasteiger partial charge is 0.269 e. The maximum absolute atomic E-state index is 13.2. The van der Waals surface area contributed by atoms with Crippen LogP contribution in [0.4, 0.5) is 5.69 Å². The van der Waals surface area contributed by atoms with Gasteiger partial charge in [0.2, 0.25) is 10.0 Å². The standard InChI is InChI=1S/C24H25N3O5S/c1-17-12-13-22(33(31,32)25-16-19-8-5-4-6-9-19)15-23(17)24(28)26(3)18(2)20-10-7-11-21(14-20)27(29)30/h4-15,18,25H,16H2,1-3H3. The Morgan fingerprint density at radius 1 is 1.06 bits per heavy atom. The van der Waals surface area contributed by atoms with E-state index in [1.165, 1.54) is 29.2 Å². The number of aryl methyl sites for hydroxylation is 1. The Morgan fingerprint density at radius 2 is 1.76 bits per heavy atom. The van der Waals surface area contributed by atoms with E-state index in [0.717, 1.165) is 5.56 Å². The number of non-ortho nitro benzene ring substituents is 1. The zero-order valence-corrected chi connectivity index (χ0v) is 19.4. The molecule has 8 nitrogen and oxygen atoms in total. The van der Waals surface area contributed by atoms with Crippen LogP contribution in [-0.4, -0.2) is 31.2 Å². The number of sulfonamides is 1. The van der Waals surface area contributed by atoms with Gasteiger partial charge in [-0.2, -0.15) is 0 Å². The zero-order valence-electron chi connectivity index (χ0n) is 18.6. The fourth-order valence-corrected chi connectivity index (χ4v) is 4.39. The molecule has 1 N–H and O–H groups in total. The van der Waals surface area contributed by atoms with E-state index in [-0.39, 0.29) is 28.6 Å². The molecule has 0 aliphatic carbocycles. The normalized spacial score (nSPS) is 12.2. The van der Waals surface area contributed by atoms with Crippen molar-refractivity contribution in [3.05, 3.63) is 105 Å². The van der Waals surface area contributed by atoms with Gasteiger partial charge in [-0.25, -0.2) is 13.1 Å². The number of carbonyl (C=O) groups is 1. The fraction of sp³-hybridized carbons (Fsp3) is 0.208. The number of nitro groups is 1. The molecule has 33 heavy (non-hydrogen) atoms. The Kier molecular flexibility index (Phi) is 7.25. The zero-order chi connectivity index (χ0) is 24.2. The molecule has 0 spiro atoms. The first-order valence-corrected chi connectivity index (χ1v) is 11.7. The molecular formula is C24H25N3O5S. The lowest BCUT2D eigenvalue weighted by molar-refractivity contribution is -0.384. The highest BCUT2D eigenvalue weighted by molar-refractivity contribution is 7.89. The summed E-state index contributed by atoms with van der Waals surface area (Å²) in [6, 6.07) is 19.2. The summed E-state index contributed by atoms with van der Waals surface area (Å²) < 4.78 is 28.2. The molecule has 1 atom stereocenters. The van der Waals surface area contributed by atoms with E-state index in [9.17, 15) is 23.3 Å². The molecule has 0 bridgehead atoms. The van der Waals surface area contributed by atoms with Crippen LogP contribution in [-0.2, 0) is 16.6 Å². The van der Waals surface area contributed by atoms with Gasteiger partial charge in [-0.05, 0) is 42.7 Å². The van der Waals surface area contributed by atoms with Crippen molar-refractivity contribution < 1.29 is 18.1 Å². The van der Waals surface area contributed by atoms with E-state index < -0.39 is 21.0 Å². The van der Waals surface area contributed by atoms with Crippen molar-refractivity contribution in [2.75, 3.05) is 7.05 Å². The third kappa shape index (κ3) is 5.63. The number of nitro benzene ring substituents is 1. The number of hydrogen-bond acceptors (Lipinski definition) is 5. The summed E-state index contributed by atoms with van der Waals surface area (Å²) in [5, 5.41) is 11.1. The summed E-state index contributed by atoms with van der Waals surface area (Å²) >= 11 is 0. The van der Waals surface area contributed by atoms with Gasteiger partial charge >= 0.3 is 0 Å². The van der Waals surface area contributed by atoms with Crippen LogP contribution in [0.2, 0.25) is 0 Å². The van der Waals surface area contributed by atoms with Crippen LogP contribution in [0.25, 0.3) is 0 Å². The number of carbonyl (C=O) groups excluding carboxylic acids is 1. The molecule has 3 aromatic rings. The number of hydrogen-bond donors (Lipinski definition) is 1. The van der Waals surface area contributed by atoms with Gasteiger partial charge in [0.25, 0.3) is 11.6 Å². The van der Waals surface area contributed by atoms with Crippen LogP contribution >= 0.6 is 0 Å². The first kappa shape index (κ1) is 24.1. The van der Waals surface area contributed by atoms with Gasteiger partial charge in [-0.15, -0.1) is 0 Å². The number of nitrogens with zero attached hydrogens (tertiary/aromatic N) is 2. The SMILES string of the molecule is Cc1ccc(S(=O)(=O)NCc2ccccc2)cc1C(=O)N(C)C(C)c1cccc([N+](=O)[O-])c1. The van der Waals surface area contributed by atoms with Gasteiger partial charge in [0.05, 0.1) is 15.9 Å². The summed E-state index contributed by atoms with van der Waals surface area (Å²) in [6.07, 6.45) is 0. The molecule has 0 saturated carbocycles. The van der Waals surface area contributed by atoms with Gasteiger partial charge < -0.3 is 4.90 Å². The van der Waals surface area contributed by atoms with Gasteiger partial charge in [0.15, 0.2) is 0 Å². The number of nitrogens with one attached hydrogen (secondary N) is 1. The molecule has 3 rings (SSSR count). The lowest BCUT2D eigenvalue weighted by atomic mass is 10.0. The second-order valence-corrected chi connectivity index (χ2v) is 9.50. The highest BCUT2D eigenvalue weighted by Crippen LogP contribution is 2.26. The molecule has 3 aromatic carbocycles. The molecule has 0 aliphatic heterocycles. The van der Waals surface area contributed by atoms with Crippen molar-refractivity contribution >= 4 is 21.6 Å².